The fourth-order valence-electron chi connectivity index (χ4n) is 1.61. The van der Waals surface area contributed by atoms with Gasteiger partial charge in [-0.05, 0) is 23.7 Å². The minimum absolute atomic E-state index is 0.00112. The lowest BCUT2D eigenvalue weighted by Gasteiger charge is -2.15. The standard InChI is InChI=1S/C12H9Cl3N6/c1-17-11-19-10(15)20-12(21-11)18-8(5-16)9-6(13)3-2-4-7(9)14/h2-4,8H,1H3,(H2,17,18,19,20,21). The fraction of sp³-hybridized carbons (Fsp3) is 0.167. The molecule has 0 radical (unpaired) electrons. The molecule has 0 saturated carbocycles. The molecule has 21 heavy (non-hydrogen) atoms. The Labute approximate surface area is 136 Å². The normalized spacial score (nSPS) is 11.6. The van der Waals surface area contributed by atoms with E-state index in [4.69, 9.17) is 34.8 Å². The van der Waals surface area contributed by atoms with E-state index in [9.17, 15) is 5.26 Å². The van der Waals surface area contributed by atoms with Crippen LogP contribution in [-0.4, -0.2) is 22.0 Å². The lowest BCUT2D eigenvalue weighted by Crippen LogP contribution is -2.13. The molecule has 0 aliphatic heterocycles. The molecule has 2 N–H and O–H groups in total. The summed E-state index contributed by atoms with van der Waals surface area (Å²) in [5, 5.41) is 15.6. The number of nitriles is 1. The average molecular weight is 344 g/mol. The Morgan fingerprint density at radius 3 is 2.29 bits per heavy atom. The minimum atomic E-state index is -0.825. The number of aromatic nitrogens is 3. The quantitative estimate of drug-likeness (QED) is 0.883. The largest absolute Gasteiger partial charge is 0.357 e. The molecule has 0 aliphatic carbocycles. The third kappa shape index (κ3) is 3.64. The lowest BCUT2D eigenvalue weighted by atomic mass is 10.1. The monoisotopic (exact) mass is 342 g/mol. The molecular weight excluding hydrogens is 335 g/mol. The molecule has 0 amide bonds. The van der Waals surface area contributed by atoms with Gasteiger partial charge in [-0.3, -0.25) is 0 Å². The van der Waals surface area contributed by atoms with Crippen LogP contribution in [0.1, 0.15) is 11.6 Å². The summed E-state index contributed by atoms with van der Waals surface area (Å²) in [6.07, 6.45) is 0. The van der Waals surface area contributed by atoms with Crippen LogP contribution in [0.2, 0.25) is 15.3 Å². The van der Waals surface area contributed by atoms with Crippen LogP contribution >= 0.6 is 34.8 Å². The number of hydrogen-bond acceptors (Lipinski definition) is 6. The van der Waals surface area contributed by atoms with Crippen molar-refractivity contribution in [1.29, 1.82) is 5.26 Å². The molecule has 6 nitrogen and oxygen atoms in total. The van der Waals surface area contributed by atoms with E-state index in [0.717, 1.165) is 0 Å². The molecule has 0 aliphatic rings. The van der Waals surface area contributed by atoms with Gasteiger partial charge in [0.15, 0.2) is 0 Å². The average Bonchev–Trinajstić information content (AvgIpc) is 2.45. The first kappa shape index (κ1) is 15.6. The zero-order valence-corrected chi connectivity index (χ0v) is 13.0. The van der Waals surface area contributed by atoms with Gasteiger partial charge in [-0.15, -0.1) is 0 Å². The molecule has 0 fully saturated rings. The maximum atomic E-state index is 9.34. The Balaban J connectivity index is 2.36. The predicted octanol–water partition coefficient (Wildman–Crippen LogP) is 3.55. The number of nitrogens with zero attached hydrogens (tertiary/aromatic N) is 4. The molecule has 0 spiro atoms. The van der Waals surface area contributed by atoms with Crippen LogP contribution in [0.5, 0.6) is 0 Å². The van der Waals surface area contributed by atoms with Gasteiger partial charge in [0.1, 0.15) is 6.04 Å². The van der Waals surface area contributed by atoms with Crippen molar-refractivity contribution in [2.24, 2.45) is 0 Å². The van der Waals surface area contributed by atoms with Crippen LogP contribution < -0.4 is 10.6 Å². The van der Waals surface area contributed by atoms with E-state index in [1.807, 2.05) is 0 Å². The van der Waals surface area contributed by atoms with E-state index in [0.29, 0.717) is 15.6 Å². The van der Waals surface area contributed by atoms with Crippen LogP contribution in [0.4, 0.5) is 11.9 Å². The zero-order valence-electron chi connectivity index (χ0n) is 10.7. The number of hydrogen-bond donors (Lipinski definition) is 2. The van der Waals surface area contributed by atoms with E-state index in [1.165, 1.54) is 0 Å². The van der Waals surface area contributed by atoms with E-state index in [2.05, 4.69) is 31.7 Å². The molecule has 0 bridgehead atoms. The Kier molecular flexibility index (Phi) is 5.02. The molecule has 1 aromatic heterocycles. The van der Waals surface area contributed by atoms with Crippen molar-refractivity contribution in [2.75, 3.05) is 17.7 Å². The molecule has 2 rings (SSSR count). The van der Waals surface area contributed by atoms with Crippen molar-refractivity contribution in [3.63, 3.8) is 0 Å². The summed E-state index contributed by atoms with van der Waals surface area (Å²) < 4.78 is 0. The molecule has 108 valence electrons. The summed E-state index contributed by atoms with van der Waals surface area (Å²) in [6, 6.07) is 6.23. The summed E-state index contributed by atoms with van der Waals surface area (Å²) in [5.74, 6) is 0.418. The van der Waals surface area contributed by atoms with E-state index >= 15 is 0 Å². The topological polar surface area (TPSA) is 86.5 Å². The molecule has 0 saturated heterocycles. The van der Waals surface area contributed by atoms with Gasteiger partial charge in [-0.2, -0.15) is 20.2 Å². The van der Waals surface area contributed by atoms with Crippen LogP contribution in [0.15, 0.2) is 18.2 Å². The number of halogens is 3. The van der Waals surface area contributed by atoms with E-state index in [-0.39, 0.29) is 17.2 Å². The molecule has 1 aromatic carbocycles. The SMILES string of the molecule is CNc1nc(Cl)nc(NC(C#N)c2c(Cl)cccc2Cl)n1. The predicted molar refractivity (Wildman–Crippen MR) is 82.8 cm³/mol. The van der Waals surface area contributed by atoms with Gasteiger partial charge in [-0.25, -0.2) is 0 Å². The Bertz CT molecular complexity index is 680. The molecule has 9 heteroatoms. The Morgan fingerprint density at radius 2 is 1.71 bits per heavy atom. The fourth-order valence-corrected chi connectivity index (χ4v) is 2.39. The first-order chi connectivity index (χ1) is 10.0. The highest BCUT2D eigenvalue weighted by atomic mass is 35.5. The van der Waals surface area contributed by atoms with Gasteiger partial charge >= 0.3 is 0 Å². The van der Waals surface area contributed by atoms with Gasteiger partial charge in [0.2, 0.25) is 17.2 Å². The maximum absolute atomic E-state index is 9.34. The molecule has 1 unspecified atom stereocenters. The van der Waals surface area contributed by atoms with Crippen molar-refractivity contribution in [2.45, 2.75) is 6.04 Å². The molecule has 2 aromatic rings. The van der Waals surface area contributed by atoms with Crippen molar-refractivity contribution < 1.29 is 0 Å². The second kappa shape index (κ2) is 6.76. The number of rotatable bonds is 4. The summed E-state index contributed by atoms with van der Waals surface area (Å²) in [5.41, 5.74) is 0.450. The highest BCUT2D eigenvalue weighted by Gasteiger charge is 2.19. The number of benzene rings is 1. The minimum Gasteiger partial charge on any atom is -0.357 e. The summed E-state index contributed by atoms with van der Waals surface area (Å²) >= 11 is 18.0. The summed E-state index contributed by atoms with van der Waals surface area (Å²) in [4.78, 5) is 11.8. The summed E-state index contributed by atoms with van der Waals surface area (Å²) in [7, 11) is 1.64. The highest BCUT2D eigenvalue weighted by Crippen LogP contribution is 2.31. The van der Waals surface area contributed by atoms with Crippen molar-refractivity contribution >= 4 is 46.7 Å². The van der Waals surface area contributed by atoms with Crippen molar-refractivity contribution in [1.82, 2.24) is 15.0 Å². The van der Waals surface area contributed by atoms with Crippen LogP contribution in [0.3, 0.4) is 0 Å². The lowest BCUT2D eigenvalue weighted by molar-refractivity contribution is 0.938. The van der Waals surface area contributed by atoms with Crippen LogP contribution in [-0.2, 0) is 0 Å². The molecule has 1 atom stereocenters. The van der Waals surface area contributed by atoms with E-state index in [1.54, 1.807) is 25.2 Å². The van der Waals surface area contributed by atoms with Gasteiger partial charge in [-0.1, -0.05) is 29.3 Å². The zero-order chi connectivity index (χ0) is 15.4. The Hall–Kier alpha value is -1.81. The first-order valence-electron chi connectivity index (χ1n) is 5.74. The van der Waals surface area contributed by atoms with Gasteiger partial charge in [0.05, 0.1) is 6.07 Å². The van der Waals surface area contributed by atoms with Gasteiger partial charge in [0.25, 0.3) is 0 Å². The maximum Gasteiger partial charge on any atom is 0.230 e. The smallest absolute Gasteiger partial charge is 0.230 e. The second-order valence-corrected chi connectivity index (χ2v) is 5.00. The van der Waals surface area contributed by atoms with Crippen LogP contribution in [0, 0.1) is 11.3 Å². The van der Waals surface area contributed by atoms with Gasteiger partial charge in [0, 0.05) is 22.7 Å². The third-order valence-electron chi connectivity index (χ3n) is 2.52. The van der Waals surface area contributed by atoms with Gasteiger partial charge < -0.3 is 10.6 Å². The second-order valence-electron chi connectivity index (χ2n) is 3.84. The highest BCUT2D eigenvalue weighted by molar-refractivity contribution is 6.36. The van der Waals surface area contributed by atoms with E-state index < -0.39 is 6.04 Å². The van der Waals surface area contributed by atoms with Crippen molar-refractivity contribution in [3.05, 3.63) is 39.1 Å². The van der Waals surface area contributed by atoms with Crippen molar-refractivity contribution in [3.8, 4) is 6.07 Å². The molecular formula is C12H9Cl3N6. The summed E-state index contributed by atoms with van der Waals surface area (Å²) in [6.45, 7) is 0. The Morgan fingerprint density at radius 1 is 1.10 bits per heavy atom. The first-order valence-corrected chi connectivity index (χ1v) is 6.88. The third-order valence-corrected chi connectivity index (χ3v) is 3.35. The number of nitrogens with one attached hydrogen (secondary N) is 2. The number of anilines is 2. The molecule has 1 heterocycles. The van der Waals surface area contributed by atoms with Crippen LogP contribution in [0.25, 0.3) is 0 Å².